The number of carbonyl (C=O) groups excluding carboxylic acids is 2. The summed E-state index contributed by atoms with van der Waals surface area (Å²) in [5.41, 5.74) is 3.29. The first-order chi connectivity index (χ1) is 13.0. The van der Waals surface area contributed by atoms with Crippen LogP contribution < -0.4 is 4.74 Å². The maximum atomic E-state index is 12.7. The van der Waals surface area contributed by atoms with E-state index >= 15 is 0 Å². The molecule has 2 aromatic rings. The quantitative estimate of drug-likeness (QED) is 0.790. The molecule has 1 atom stereocenters. The Morgan fingerprint density at radius 2 is 1.81 bits per heavy atom. The first-order valence-corrected chi connectivity index (χ1v) is 9.24. The number of ether oxygens (including phenoxy) is 1. The number of rotatable bonds is 6. The molecule has 1 saturated heterocycles. The van der Waals surface area contributed by atoms with Crippen LogP contribution in [0.4, 0.5) is 0 Å². The van der Waals surface area contributed by atoms with Crippen molar-refractivity contribution in [3.8, 4) is 5.75 Å². The standard InChI is InChI=1S/C22H26N2O3/c1-16-9-10-20(17(2)13-16)27-12-11-24-19(14-18-7-5-4-6-8-18)22(26)23(3)15-21(24)25/h4-10,13,19H,11-12,14-15H2,1-3H3/t19-/m0/s1. The van der Waals surface area contributed by atoms with E-state index in [-0.39, 0.29) is 18.4 Å². The summed E-state index contributed by atoms with van der Waals surface area (Å²) in [4.78, 5) is 28.5. The van der Waals surface area contributed by atoms with E-state index in [1.807, 2.05) is 56.3 Å². The second kappa shape index (κ2) is 8.25. The van der Waals surface area contributed by atoms with Gasteiger partial charge in [0.25, 0.3) is 0 Å². The average molecular weight is 366 g/mol. The molecule has 0 aliphatic carbocycles. The number of piperazine rings is 1. The van der Waals surface area contributed by atoms with Crippen molar-refractivity contribution in [1.29, 1.82) is 0 Å². The third kappa shape index (κ3) is 4.48. The van der Waals surface area contributed by atoms with Crippen molar-refractivity contribution < 1.29 is 14.3 Å². The zero-order chi connectivity index (χ0) is 19.4. The maximum Gasteiger partial charge on any atom is 0.245 e. The topological polar surface area (TPSA) is 49.9 Å². The molecular weight excluding hydrogens is 340 g/mol. The van der Waals surface area contributed by atoms with Crippen molar-refractivity contribution in [2.24, 2.45) is 0 Å². The van der Waals surface area contributed by atoms with Crippen LogP contribution >= 0.6 is 0 Å². The van der Waals surface area contributed by atoms with E-state index in [1.54, 1.807) is 11.9 Å². The Balaban J connectivity index is 1.69. The van der Waals surface area contributed by atoms with E-state index in [0.717, 1.165) is 16.9 Å². The number of benzene rings is 2. The highest BCUT2D eigenvalue weighted by Crippen LogP contribution is 2.20. The molecule has 1 fully saturated rings. The lowest BCUT2D eigenvalue weighted by Crippen LogP contribution is -2.60. The lowest BCUT2D eigenvalue weighted by molar-refractivity contribution is -0.154. The van der Waals surface area contributed by atoms with Gasteiger partial charge in [0.2, 0.25) is 11.8 Å². The average Bonchev–Trinajstić information content (AvgIpc) is 2.64. The van der Waals surface area contributed by atoms with Gasteiger partial charge in [0.05, 0.1) is 13.1 Å². The summed E-state index contributed by atoms with van der Waals surface area (Å²) in [6.07, 6.45) is 0.513. The Morgan fingerprint density at radius 3 is 2.52 bits per heavy atom. The molecule has 2 amide bonds. The summed E-state index contributed by atoms with van der Waals surface area (Å²) in [6.45, 7) is 4.92. The van der Waals surface area contributed by atoms with Gasteiger partial charge in [-0.3, -0.25) is 9.59 Å². The zero-order valence-corrected chi connectivity index (χ0v) is 16.1. The Morgan fingerprint density at radius 1 is 1.07 bits per heavy atom. The van der Waals surface area contributed by atoms with Crippen molar-refractivity contribution in [2.45, 2.75) is 26.3 Å². The number of hydrogen-bond acceptors (Lipinski definition) is 3. The van der Waals surface area contributed by atoms with E-state index in [1.165, 1.54) is 10.5 Å². The molecule has 142 valence electrons. The minimum atomic E-state index is -0.485. The minimum absolute atomic E-state index is 0.0232. The van der Waals surface area contributed by atoms with Crippen molar-refractivity contribution in [2.75, 3.05) is 26.7 Å². The van der Waals surface area contributed by atoms with Crippen LogP contribution in [0.15, 0.2) is 48.5 Å². The lowest BCUT2D eigenvalue weighted by Gasteiger charge is -2.39. The molecule has 0 unspecified atom stereocenters. The molecule has 1 aliphatic rings. The maximum absolute atomic E-state index is 12.7. The second-order valence-electron chi connectivity index (χ2n) is 7.10. The van der Waals surface area contributed by atoms with Crippen molar-refractivity contribution in [3.63, 3.8) is 0 Å². The number of likely N-dealkylation sites (N-methyl/N-ethyl adjacent to an activating group) is 1. The van der Waals surface area contributed by atoms with E-state index in [0.29, 0.717) is 19.6 Å². The van der Waals surface area contributed by atoms with Gasteiger partial charge in [0.1, 0.15) is 18.4 Å². The predicted octanol–water partition coefficient (Wildman–Crippen LogP) is 2.59. The van der Waals surface area contributed by atoms with Crippen LogP contribution in [0.25, 0.3) is 0 Å². The van der Waals surface area contributed by atoms with Crippen LogP contribution in [0.1, 0.15) is 16.7 Å². The Hall–Kier alpha value is -2.82. The molecule has 1 heterocycles. The van der Waals surface area contributed by atoms with Gasteiger partial charge in [-0.25, -0.2) is 0 Å². The number of carbonyl (C=O) groups is 2. The van der Waals surface area contributed by atoms with E-state index in [2.05, 4.69) is 6.07 Å². The molecule has 0 bridgehead atoms. The van der Waals surface area contributed by atoms with E-state index in [4.69, 9.17) is 4.74 Å². The molecule has 0 aromatic heterocycles. The summed E-state index contributed by atoms with van der Waals surface area (Å²) in [6, 6.07) is 15.3. The van der Waals surface area contributed by atoms with Gasteiger partial charge in [0, 0.05) is 13.5 Å². The summed E-state index contributed by atoms with van der Waals surface area (Å²) < 4.78 is 5.88. The first kappa shape index (κ1) is 19.0. The highest BCUT2D eigenvalue weighted by Gasteiger charge is 2.37. The van der Waals surface area contributed by atoms with Crippen LogP contribution in [-0.2, 0) is 16.0 Å². The first-order valence-electron chi connectivity index (χ1n) is 9.24. The number of amides is 2. The van der Waals surface area contributed by atoms with Gasteiger partial charge in [-0.05, 0) is 31.0 Å². The monoisotopic (exact) mass is 366 g/mol. The number of hydrogen-bond donors (Lipinski definition) is 0. The fourth-order valence-corrected chi connectivity index (χ4v) is 3.46. The molecule has 0 radical (unpaired) electrons. The fraction of sp³-hybridized carbons (Fsp3) is 0.364. The summed E-state index contributed by atoms with van der Waals surface area (Å²) in [5, 5.41) is 0. The molecule has 1 aliphatic heterocycles. The SMILES string of the molecule is Cc1ccc(OCCN2C(=O)CN(C)C(=O)[C@@H]2Cc2ccccc2)c(C)c1. The van der Waals surface area contributed by atoms with Gasteiger partial charge < -0.3 is 14.5 Å². The molecule has 5 heteroatoms. The van der Waals surface area contributed by atoms with Gasteiger partial charge in [-0.15, -0.1) is 0 Å². The van der Waals surface area contributed by atoms with E-state index in [9.17, 15) is 9.59 Å². The molecule has 0 spiro atoms. The van der Waals surface area contributed by atoms with Crippen molar-refractivity contribution in [1.82, 2.24) is 9.80 Å². The fourth-order valence-electron chi connectivity index (χ4n) is 3.46. The summed E-state index contributed by atoms with van der Waals surface area (Å²) >= 11 is 0. The van der Waals surface area contributed by atoms with Crippen LogP contribution in [0.2, 0.25) is 0 Å². The molecule has 27 heavy (non-hydrogen) atoms. The smallest absolute Gasteiger partial charge is 0.245 e. The van der Waals surface area contributed by atoms with Crippen LogP contribution in [-0.4, -0.2) is 54.4 Å². The summed E-state index contributed by atoms with van der Waals surface area (Å²) in [5.74, 6) is 0.750. The van der Waals surface area contributed by atoms with Crippen LogP contribution in [0.3, 0.4) is 0 Å². The minimum Gasteiger partial charge on any atom is -0.491 e. The lowest BCUT2D eigenvalue weighted by atomic mass is 10.0. The zero-order valence-electron chi connectivity index (χ0n) is 16.1. The van der Waals surface area contributed by atoms with Crippen molar-refractivity contribution in [3.05, 3.63) is 65.2 Å². The largest absolute Gasteiger partial charge is 0.491 e. The Bertz CT molecular complexity index is 820. The molecule has 2 aromatic carbocycles. The number of aryl methyl sites for hydroxylation is 2. The third-order valence-corrected chi connectivity index (χ3v) is 4.92. The van der Waals surface area contributed by atoms with E-state index < -0.39 is 6.04 Å². The normalized spacial score (nSPS) is 17.4. The molecule has 0 saturated carbocycles. The predicted molar refractivity (Wildman–Crippen MR) is 105 cm³/mol. The highest BCUT2D eigenvalue weighted by molar-refractivity contribution is 5.94. The van der Waals surface area contributed by atoms with Gasteiger partial charge in [-0.1, -0.05) is 48.0 Å². The van der Waals surface area contributed by atoms with Crippen LogP contribution in [0.5, 0.6) is 5.75 Å². The third-order valence-electron chi connectivity index (χ3n) is 4.92. The van der Waals surface area contributed by atoms with Gasteiger partial charge in [-0.2, -0.15) is 0 Å². The Labute approximate surface area is 160 Å². The molecule has 0 N–H and O–H groups in total. The second-order valence-corrected chi connectivity index (χ2v) is 7.10. The molecule has 5 nitrogen and oxygen atoms in total. The van der Waals surface area contributed by atoms with Gasteiger partial charge >= 0.3 is 0 Å². The number of nitrogens with zero attached hydrogens (tertiary/aromatic N) is 2. The van der Waals surface area contributed by atoms with Gasteiger partial charge in [0.15, 0.2) is 0 Å². The van der Waals surface area contributed by atoms with Crippen molar-refractivity contribution >= 4 is 11.8 Å². The molecule has 3 rings (SSSR count). The summed E-state index contributed by atoms with van der Waals surface area (Å²) in [7, 11) is 1.68. The highest BCUT2D eigenvalue weighted by atomic mass is 16.5. The van der Waals surface area contributed by atoms with Crippen LogP contribution in [0, 0.1) is 13.8 Å². The Kier molecular flexibility index (Phi) is 5.79. The molecular formula is C22H26N2O3.